The Labute approximate surface area is 148 Å². The normalized spacial score (nSPS) is 24.3. The van der Waals surface area contributed by atoms with E-state index in [4.69, 9.17) is 9.73 Å². The number of rotatable bonds is 5. The lowest BCUT2D eigenvalue weighted by molar-refractivity contribution is 0.414. The number of hydrogen-bond donors (Lipinski definition) is 0. The van der Waals surface area contributed by atoms with E-state index in [1.165, 1.54) is 73.5 Å². The molecule has 2 nitrogen and oxygen atoms in total. The van der Waals surface area contributed by atoms with Gasteiger partial charge in [-0.25, -0.2) is 0 Å². The molecule has 0 radical (unpaired) electrons. The maximum Gasteiger partial charge on any atom is 0.120 e. The Morgan fingerprint density at radius 2 is 1.96 bits per heavy atom. The van der Waals surface area contributed by atoms with Crippen LogP contribution in [-0.4, -0.2) is 18.9 Å². The molecule has 0 amide bonds. The summed E-state index contributed by atoms with van der Waals surface area (Å²) in [5, 5.41) is 0. The third-order valence-electron chi connectivity index (χ3n) is 5.40. The molecule has 1 aromatic carbocycles. The Morgan fingerprint density at radius 3 is 2.70 bits per heavy atom. The van der Waals surface area contributed by atoms with Gasteiger partial charge in [0.1, 0.15) is 5.75 Å². The molecule has 2 aliphatic rings. The van der Waals surface area contributed by atoms with Gasteiger partial charge in [0.25, 0.3) is 0 Å². The van der Waals surface area contributed by atoms with Crippen LogP contribution >= 0.6 is 15.9 Å². The minimum Gasteiger partial charge on any atom is -0.497 e. The van der Waals surface area contributed by atoms with Gasteiger partial charge in [0.15, 0.2) is 0 Å². The molecule has 1 aromatic rings. The van der Waals surface area contributed by atoms with E-state index in [9.17, 15) is 0 Å². The second-order valence-corrected chi connectivity index (χ2v) is 7.85. The van der Waals surface area contributed by atoms with Crippen LogP contribution in [0, 0.1) is 5.92 Å². The van der Waals surface area contributed by atoms with E-state index >= 15 is 0 Å². The van der Waals surface area contributed by atoms with Crippen LogP contribution in [0.5, 0.6) is 5.75 Å². The summed E-state index contributed by atoms with van der Waals surface area (Å²) < 4.78 is 6.45. The number of halogens is 1. The van der Waals surface area contributed by atoms with Crippen LogP contribution in [0.4, 0.5) is 0 Å². The highest BCUT2D eigenvalue weighted by molar-refractivity contribution is 9.10. The third kappa shape index (κ3) is 4.59. The number of benzene rings is 1. The molecule has 23 heavy (non-hydrogen) atoms. The highest BCUT2D eigenvalue weighted by atomic mass is 79.9. The standard InChI is InChI=1S/C20H28BrNO/c1-23-18-13-12-15(19(21)14-18)10-11-16-6-5-9-20(16)22-17-7-3-2-4-8-17/h12-14,16-17H,2-11H2,1H3. The largest absolute Gasteiger partial charge is 0.497 e. The fourth-order valence-corrected chi connectivity index (χ4v) is 4.57. The molecule has 0 bridgehead atoms. The number of hydrogen-bond acceptors (Lipinski definition) is 2. The van der Waals surface area contributed by atoms with E-state index in [1.807, 2.05) is 0 Å². The van der Waals surface area contributed by atoms with E-state index in [0.29, 0.717) is 12.0 Å². The zero-order valence-corrected chi connectivity index (χ0v) is 15.8. The molecule has 126 valence electrons. The Bertz CT molecular complexity index is 549. The molecule has 1 atom stereocenters. The van der Waals surface area contributed by atoms with Gasteiger partial charge >= 0.3 is 0 Å². The highest BCUT2D eigenvalue weighted by Crippen LogP contribution is 2.31. The number of ether oxygens (including phenoxy) is 1. The van der Waals surface area contributed by atoms with E-state index in [0.717, 1.165) is 12.2 Å². The monoisotopic (exact) mass is 377 g/mol. The first-order valence-corrected chi connectivity index (χ1v) is 9.94. The van der Waals surface area contributed by atoms with Gasteiger partial charge < -0.3 is 4.74 Å². The Kier molecular flexibility index (Phi) is 6.15. The first kappa shape index (κ1) is 17.0. The molecule has 1 unspecified atom stereocenters. The summed E-state index contributed by atoms with van der Waals surface area (Å²) in [6, 6.07) is 6.95. The fraction of sp³-hybridized carbons (Fsp3) is 0.650. The zero-order valence-electron chi connectivity index (χ0n) is 14.2. The molecular weight excluding hydrogens is 350 g/mol. The molecule has 0 aliphatic heterocycles. The van der Waals surface area contributed by atoms with E-state index in [1.54, 1.807) is 7.11 Å². The summed E-state index contributed by atoms with van der Waals surface area (Å²) >= 11 is 3.68. The minimum atomic E-state index is 0.632. The van der Waals surface area contributed by atoms with Crippen LogP contribution < -0.4 is 4.74 Å². The van der Waals surface area contributed by atoms with Gasteiger partial charge in [-0.3, -0.25) is 4.99 Å². The van der Waals surface area contributed by atoms with Crippen molar-refractivity contribution < 1.29 is 4.74 Å². The molecule has 0 spiro atoms. The van der Waals surface area contributed by atoms with Crippen LogP contribution in [0.3, 0.4) is 0 Å². The molecule has 2 fully saturated rings. The van der Waals surface area contributed by atoms with Crippen molar-refractivity contribution in [1.82, 2.24) is 0 Å². The lowest BCUT2D eigenvalue weighted by Gasteiger charge is -2.20. The van der Waals surface area contributed by atoms with Gasteiger partial charge in [-0.2, -0.15) is 0 Å². The third-order valence-corrected chi connectivity index (χ3v) is 6.14. The average molecular weight is 378 g/mol. The molecule has 0 N–H and O–H groups in total. The Morgan fingerprint density at radius 1 is 1.13 bits per heavy atom. The number of aryl methyl sites for hydroxylation is 1. The summed E-state index contributed by atoms with van der Waals surface area (Å²) in [5.74, 6) is 1.63. The van der Waals surface area contributed by atoms with Crippen molar-refractivity contribution in [3.05, 3.63) is 28.2 Å². The topological polar surface area (TPSA) is 21.6 Å². The smallest absolute Gasteiger partial charge is 0.120 e. The second kappa shape index (κ2) is 8.32. The summed E-state index contributed by atoms with van der Waals surface area (Å²) in [6.45, 7) is 0. The lowest BCUT2D eigenvalue weighted by Crippen LogP contribution is -2.16. The van der Waals surface area contributed by atoms with E-state index < -0.39 is 0 Å². The van der Waals surface area contributed by atoms with Crippen LogP contribution in [0.1, 0.15) is 63.4 Å². The first-order chi connectivity index (χ1) is 11.3. The summed E-state index contributed by atoms with van der Waals surface area (Å²) in [7, 11) is 1.72. The van der Waals surface area contributed by atoms with Gasteiger partial charge in [-0.1, -0.05) is 41.3 Å². The fourth-order valence-electron chi connectivity index (χ4n) is 4.01. The minimum absolute atomic E-state index is 0.632. The molecule has 3 rings (SSSR count). The average Bonchev–Trinajstić information content (AvgIpc) is 3.01. The SMILES string of the molecule is COc1ccc(CCC2CCCC2=NC2CCCCC2)c(Br)c1. The summed E-state index contributed by atoms with van der Waals surface area (Å²) in [5.41, 5.74) is 2.91. The molecule has 2 saturated carbocycles. The van der Waals surface area contributed by atoms with Crippen molar-refractivity contribution in [1.29, 1.82) is 0 Å². The quantitative estimate of drug-likeness (QED) is 0.619. The van der Waals surface area contributed by atoms with Gasteiger partial charge in [0, 0.05) is 16.2 Å². The van der Waals surface area contributed by atoms with Crippen LogP contribution in [0.15, 0.2) is 27.7 Å². The summed E-state index contributed by atoms with van der Waals surface area (Å²) in [4.78, 5) is 5.16. The Hall–Kier alpha value is -0.830. The predicted octanol–water partition coefficient (Wildman–Crippen LogP) is 5.96. The van der Waals surface area contributed by atoms with Gasteiger partial charge in [-0.05, 0) is 68.6 Å². The second-order valence-electron chi connectivity index (χ2n) is 7.00. The van der Waals surface area contributed by atoms with E-state index in [-0.39, 0.29) is 0 Å². The molecule has 0 aromatic heterocycles. The van der Waals surface area contributed by atoms with Gasteiger partial charge in [0.05, 0.1) is 7.11 Å². The van der Waals surface area contributed by atoms with Gasteiger partial charge in [-0.15, -0.1) is 0 Å². The number of nitrogens with zero attached hydrogens (tertiary/aromatic N) is 1. The molecule has 0 saturated heterocycles. The van der Waals surface area contributed by atoms with Crippen molar-refractivity contribution in [2.75, 3.05) is 7.11 Å². The molecule has 0 heterocycles. The lowest BCUT2D eigenvalue weighted by atomic mass is 9.94. The van der Waals surface area contributed by atoms with Crippen LogP contribution in [-0.2, 0) is 6.42 Å². The predicted molar refractivity (Wildman–Crippen MR) is 101 cm³/mol. The number of aliphatic imine (C=N–C) groups is 1. The maximum atomic E-state index is 5.28. The maximum absolute atomic E-state index is 5.28. The van der Waals surface area contributed by atoms with Crippen molar-refractivity contribution in [2.45, 2.75) is 70.3 Å². The zero-order chi connectivity index (χ0) is 16.1. The Balaban J connectivity index is 1.59. The molecule has 2 aliphatic carbocycles. The van der Waals surface area contributed by atoms with Crippen molar-refractivity contribution in [2.24, 2.45) is 10.9 Å². The van der Waals surface area contributed by atoms with Crippen LogP contribution in [0.2, 0.25) is 0 Å². The van der Waals surface area contributed by atoms with Crippen molar-refractivity contribution in [3.63, 3.8) is 0 Å². The van der Waals surface area contributed by atoms with E-state index in [2.05, 4.69) is 34.1 Å². The van der Waals surface area contributed by atoms with Crippen LogP contribution in [0.25, 0.3) is 0 Å². The van der Waals surface area contributed by atoms with Gasteiger partial charge in [0.2, 0.25) is 0 Å². The first-order valence-electron chi connectivity index (χ1n) is 9.15. The highest BCUT2D eigenvalue weighted by Gasteiger charge is 2.24. The van der Waals surface area contributed by atoms with Crippen molar-refractivity contribution >= 4 is 21.6 Å². The summed E-state index contributed by atoms with van der Waals surface area (Å²) in [6.07, 6.45) is 13.1. The molecule has 3 heteroatoms. The number of methoxy groups -OCH3 is 1. The van der Waals surface area contributed by atoms with Crippen molar-refractivity contribution in [3.8, 4) is 5.75 Å². The molecular formula is C20H28BrNO.